The van der Waals surface area contributed by atoms with Crippen molar-refractivity contribution >= 4 is 29.1 Å². The van der Waals surface area contributed by atoms with Gasteiger partial charge in [-0.15, -0.1) is 0 Å². The molecule has 0 fully saturated rings. The number of nitrogens with zero attached hydrogens (tertiary/aromatic N) is 2. The molecule has 0 spiro atoms. The number of fused-ring (bicyclic) bond motifs is 1. The maximum atomic E-state index is 13.7. The molecule has 0 saturated heterocycles. The van der Waals surface area contributed by atoms with Crippen LogP contribution in [0.4, 0.5) is 5.69 Å². The summed E-state index contributed by atoms with van der Waals surface area (Å²) < 4.78 is 0. The van der Waals surface area contributed by atoms with Crippen LogP contribution < -0.4 is 4.90 Å². The fourth-order valence-corrected chi connectivity index (χ4v) is 5.07. The summed E-state index contributed by atoms with van der Waals surface area (Å²) in [5, 5.41) is 21.7. The molecule has 2 aromatic rings. The molecular weight excluding hydrogens is 524 g/mol. The van der Waals surface area contributed by atoms with E-state index < -0.39 is 17.4 Å². The molecule has 1 heterocycles. The fourth-order valence-electron chi connectivity index (χ4n) is 4.90. The van der Waals surface area contributed by atoms with Gasteiger partial charge in [0.15, 0.2) is 5.60 Å². The van der Waals surface area contributed by atoms with Crippen LogP contribution >= 0.6 is 11.6 Å². The van der Waals surface area contributed by atoms with Gasteiger partial charge in [0.05, 0.1) is 12.3 Å². The van der Waals surface area contributed by atoms with Crippen molar-refractivity contribution in [2.24, 2.45) is 5.92 Å². The zero-order chi connectivity index (χ0) is 29.3. The van der Waals surface area contributed by atoms with E-state index in [9.17, 15) is 19.8 Å². The first-order valence-electron chi connectivity index (χ1n) is 13.8. The third-order valence-corrected chi connectivity index (χ3v) is 7.49. The highest BCUT2D eigenvalue weighted by Crippen LogP contribution is 2.46. The highest BCUT2D eigenvalue weighted by atomic mass is 35.5. The zero-order valence-corrected chi connectivity index (χ0v) is 24.7. The lowest BCUT2D eigenvalue weighted by Gasteiger charge is -2.27. The predicted molar refractivity (Wildman–Crippen MR) is 162 cm³/mol. The normalized spacial score (nSPS) is 17.7. The van der Waals surface area contributed by atoms with E-state index in [2.05, 4.69) is 26.8 Å². The summed E-state index contributed by atoms with van der Waals surface area (Å²) in [7, 11) is 0. The van der Waals surface area contributed by atoms with Gasteiger partial charge in [-0.05, 0) is 57.4 Å². The van der Waals surface area contributed by atoms with E-state index in [4.69, 9.17) is 11.6 Å². The Morgan fingerprint density at radius 2 is 1.85 bits per heavy atom. The summed E-state index contributed by atoms with van der Waals surface area (Å²) in [6.45, 7) is 8.80. The number of amides is 2. The van der Waals surface area contributed by atoms with Crippen LogP contribution in [0.1, 0.15) is 58.1 Å². The molecule has 3 rings (SSSR count). The highest BCUT2D eigenvalue weighted by molar-refractivity contribution is 6.31. The number of carbonyl (C=O) groups excluding carboxylic acids is 2. The van der Waals surface area contributed by atoms with E-state index in [-0.39, 0.29) is 25.5 Å². The monoisotopic (exact) mass is 564 g/mol. The number of halogens is 1. The average Bonchev–Trinajstić information content (AvgIpc) is 3.13. The number of hydrogen-bond acceptors (Lipinski definition) is 4. The lowest BCUT2D eigenvalue weighted by molar-refractivity contribution is -0.139. The average molecular weight is 565 g/mol. The topological polar surface area (TPSA) is 81.1 Å². The van der Waals surface area contributed by atoms with Crippen molar-refractivity contribution in [1.82, 2.24) is 4.90 Å². The number of allylic oxidation sites excluding steroid dienone is 3. The van der Waals surface area contributed by atoms with Crippen LogP contribution in [0.15, 0.2) is 84.0 Å². The summed E-state index contributed by atoms with van der Waals surface area (Å²) in [6, 6.07) is 14.8. The van der Waals surface area contributed by atoms with Crippen molar-refractivity contribution in [3.63, 3.8) is 0 Å². The lowest BCUT2D eigenvalue weighted by atomic mass is 9.83. The molecular formula is C33H41ClN2O4. The first-order chi connectivity index (χ1) is 19.1. The molecule has 0 unspecified atom stereocenters. The molecule has 0 aliphatic carbocycles. The molecule has 7 heteroatoms. The smallest absolute Gasteiger partial charge is 0.264 e. The second-order valence-corrected chi connectivity index (χ2v) is 11.1. The lowest BCUT2D eigenvalue weighted by Crippen LogP contribution is -2.44. The van der Waals surface area contributed by atoms with Crippen molar-refractivity contribution in [2.75, 3.05) is 24.6 Å². The van der Waals surface area contributed by atoms with Gasteiger partial charge in [-0.3, -0.25) is 9.59 Å². The fraction of sp³-hybridized carbons (Fsp3) is 0.394. The van der Waals surface area contributed by atoms with E-state index in [1.54, 1.807) is 47.1 Å². The maximum Gasteiger partial charge on any atom is 0.264 e. The highest BCUT2D eigenvalue weighted by Gasteiger charge is 2.52. The minimum absolute atomic E-state index is 0.0845. The van der Waals surface area contributed by atoms with Crippen LogP contribution in [-0.4, -0.2) is 46.6 Å². The number of aliphatic hydroxyl groups is 2. The largest absolute Gasteiger partial charge is 0.395 e. The van der Waals surface area contributed by atoms with E-state index in [1.807, 2.05) is 36.4 Å². The van der Waals surface area contributed by atoms with Crippen molar-refractivity contribution in [2.45, 2.75) is 59.1 Å². The van der Waals surface area contributed by atoms with Gasteiger partial charge in [-0.2, -0.15) is 0 Å². The Labute approximate surface area is 243 Å². The quantitative estimate of drug-likeness (QED) is 0.285. The third-order valence-electron chi connectivity index (χ3n) is 7.26. The summed E-state index contributed by atoms with van der Waals surface area (Å²) in [4.78, 5) is 29.8. The summed E-state index contributed by atoms with van der Waals surface area (Å²) in [5.41, 5.74) is 2.72. The molecule has 2 aromatic carbocycles. The Morgan fingerprint density at radius 1 is 1.12 bits per heavy atom. The van der Waals surface area contributed by atoms with E-state index in [0.29, 0.717) is 29.4 Å². The van der Waals surface area contributed by atoms with Gasteiger partial charge in [0.2, 0.25) is 5.91 Å². The van der Waals surface area contributed by atoms with E-state index >= 15 is 0 Å². The Kier molecular flexibility index (Phi) is 11.3. The molecule has 1 aliphatic heterocycles. The van der Waals surface area contributed by atoms with Crippen LogP contribution in [0.5, 0.6) is 0 Å². The van der Waals surface area contributed by atoms with Crippen molar-refractivity contribution in [1.29, 1.82) is 0 Å². The molecule has 0 aromatic heterocycles. The molecule has 0 radical (unpaired) electrons. The van der Waals surface area contributed by atoms with Gasteiger partial charge in [0.1, 0.15) is 0 Å². The molecule has 2 amide bonds. The minimum Gasteiger partial charge on any atom is -0.395 e. The zero-order valence-electron chi connectivity index (χ0n) is 23.9. The number of aliphatic hydroxyl groups excluding tert-OH is 1. The molecule has 40 heavy (non-hydrogen) atoms. The van der Waals surface area contributed by atoms with Crippen LogP contribution in [0.3, 0.4) is 0 Å². The second-order valence-electron chi connectivity index (χ2n) is 10.7. The molecule has 6 nitrogen and oxygen atoms in total. The Balaban J connectivity index is 1.75. The minimum atomic E-state index is -1.81. The van der Waals surface area contributed by atoms with Crippen molar-refractivity contribution in [3.05, 3.63) is 100 Å². The number of rotatable bonds is 13. The second kappa shape index (κ2) is 14.4. The van der Waals surface area contributed by atoms with Crippen LogP contribution in [0.2, 0.25) is 5.02 Å². The van der Waals surface area contributed by atoms with Crippen LogP contribution in [-0.2, 0) is 21.7 Å². The molecule has 0 saturated carbocycles. The Morgan fingerprint density at radius 3 is 2.52 bits per heavy atom. The summed E-state index contributed by atoms with van der Waals surface area (Å²) in [6.07, 6.45) is 9.55. The number of anilines is 1. The third kappa shape index (κ3) is 7.72. The van der Waals surface area contributed by atoms with Gasteiger partial charge in [0.25, 0.3) is 5.91 Å². The van der Waals surface area contributed by atoms with Crippen LogP contribution in [0.25, 0.3) is 0 Å². The molecule has 0 bridgehead atoms. The first-order valence-corrected chi connectivity index (χ1v) is 14.2. The SMILES string of the molecule is CC(C)=CCC/C(C)=C/CN1C(=O)[C@@](O)([C@@H](C)/C=C/CC(=O)N(CCO)Cc2ccccc2)c2cc(Cl)ccc21. The van der Waals surface area contributed by atoms with Gasteiger partial charge in [-0.1, -0.05) is 84.3 Å². The maximum absolute atomic E-state index is 13.7. The first kappa shape index (κ1) is 31.3. The van der Waals surface area contributed by atoms with E-state index in [1.165, 1.54) is 11.1 Å². The van der Waals surface area contributed by atoms with Gasteiger partial charge >= 0.3 is 0 Å². The van der Waals surface area contributed by atoms with E-state index in [0.717, 1.165) is 18.4 Å². The molecule has 2 atom stereocenters. The number of hydrogen-bond donors (Lipinski definition) is 2. The molecule has 2 N–H and O–H groups in total. The van der Waals surface area contributed by atoms with Crippen molar-refractivity contribution in [3.8, 4) is 0 Å². The van der Waals surface area contributed by atoms with Gasteiger partial charge in [-0.25, -0.2) is 0 Å². The Hall–Kier alpha value is -3.19. The standard InChI is InChI=1S/C33H41ClN2O4/c1-24(2)10-8-11-25(3)18-19-36-30-17-16-28(34)22-29(30)33(40,32(36)39)26(4)12-9-15-31(38)35(20-21-37)23-27-13-6-5-7-14-27/h5-7,9-10,12-14,16-18,22,26,37,40H,8,11,15,19-21,23H2,1-4H3/b12-9+,25-18+/t26-,33+/m0/s1. The molecule has 1 aliphatic rings. The Bertz CT molecular complexity index is 1270. The predicted octanol–water partition coefficient (Wildman–Crippen LogP) is 6.17. The molecule has 214 valence electrons. The summed E-state index contributed by atoms with van der Waals surface area (Å²) in [5.74, 6) is -1.17. The van der Waals surface area contributed by atoms with Gasteiger partial charge in [0, 0.05) is 42.6 Å². The van der Waals surface area contributed by atoms with Crippen LogP contribution in [0, 0.1) is 5.92 Å². The number of carbonyl (C=O) groups is 2. The van der Waals surface area contributed by atoms with Crippen molar-refractivity contribution < 1.29 is 19.8 Å². The van der Waals surface area contributed by atoms with Gasteiger partial charge < -0.3 is 20.0 Å². The number of benzene rings is 2. The summed E-state index contributed by atoms with van der Waals surface area (Å²) >= 11 is 6.29.